The van der Waals surface area contributed by atoms with Crippen molar-refractivity contribution in [2.24, 2.45) is 5.84 Å². The Morgan fingerprint density at radius 2 is 1.89 bits per heavy atom. The van der Waals surface area contributed by atoms with Gasteiger partial charge in [-0.05, 0) is 31.7 Å². The Morgan fingerprint density at radius 1 is 1.21 bits per heavy atom. The number of rotatable bonds is 6. The van der Waals surface area contributed by atoms with Crippen LogP contribution in [0.2, 0.25) is 0 Å². The average Bonchev–Trinajstić information content (AvgIpc) is 2.46. The van der Waals surface area contributed by atoms with Crippen LogP contribution in [0.15, 0.2) is 24.3 Å². The quantitative estimate of drug-likeness (QED) is 0.618. The molecule has 1 atom stereocenters. The molecule has 1 aromatic rings. The maximum absolute atomic E-state index is 5.70. The summed E-state index contributed by atoms with van der Waals surface area (Å²) in [5.41, 5.74) is 5.67. The molecule has 3 N–H and O–H groups in total. The van der Waals surface area contributed by atoms with Gasteiger partial charge in [-0.25, -0.2) is 0 Å². The van der Waals surface area contributed by atoms with E-state index in [9.17, 15) is 0 Å². The average molecular weight is 278 g/mol. The van der Waals surface area contributed by atoms with E-state index in [-0.39, 0.29) is 0 Å². The Hall–Kier alpha value is -0.510. The van der Waals surface area contributed by atoms with Gasteiger partial charge in [0.1, 0.15) is 0 Å². The van der Waals surface area contributed by atoms with Crippen LogP contribution in [0.5, 0.6) is 0 Å². The molecule has 1 aromatic carbocycles. The lowest BCUT2D eigenvalue weighted by molar-refractivity contribution is 0.513. The molecule has 0 bridgehead atoms. The second-order valence-corrected chi connectivity index (χ2v) is 6.98. The van der Waals surface area contributed by atoms with E-state index in [1.54, 1.807) is 0 Å². The Bertz CT molecular complexity index is 358. The largest absolute Gasteiger partial charge is 0.271 e. The number of aryl methyl sites for hydroxylation is 1. The second-order valence-electron chi connectivity index (χ2n) is 5.65. The highest BCUT2D eigenvalue weighted by Crippen LogP contribution is 2.28. The number of hydrazine groups is 1. The molecule has 0 radical (unpaired) electrons. The predicted octanol–water partition coefficient (Wildman–Crippen LogP) is 3.44. The number of hydrogen-bond acceptors (Lipinski definition) is 3. The third-order valence-corrected chi connectivity index (χ3v) is 5.46. The van der Waals surface area contributed by atoms with Crippen LogP contribution >= 0.6 is 11.8 Å². The number of nitrogens with one attached hydrogen (secondary N) is 1. The van der Waals surface area contributed by atoms with Crippen LogP contribution < -0.4 is 11.3 Å². The van der Waals surface area contributed by atoms with Gasteiger partial charge in [0.15, 0.2) is 0 Å². The van der Waals surface area contributed by atoms with Crippen LogP contribution in [-0.2, 0) is 6.42 Å². The minimum atomic E-state index is 0.384. The maximum atomic E-state index is 5.70. The zero-order chi connectivity index (χ0) is 13.5. The molecule has 0 aliphatic heterocycles. The van der Waals surface area contributed by atoms with Gasteiger partial charge in [-0.15, -0.1) is 0 Å². The summed E-state index contributed by atoms with van der Waals surface area (Å²) in [5, 5.41) is 0.864. The number of hydrogen-bond donors (Lipinski definition) is 2. The van der Waals surface area contributed by atoms with E-state index < -0.39 is 0 Å². The molecule has 0 saturated heterocycles. The van der Waals surface area contributed by atoms with Crippen molar-refractivity contribution in [1.82, 2.24) is 5.43 Å². The van der Waals surface area contributed by atoms with Crippen LogP contribution in [0, 0.1) is 6.92 Å². The van der Waals surface area contributed by atoms with Crippen LogP contribution in [0.1, 0.15) is 43.2 Å². The smallest absolute Gasteiger partial charge is 0.0341 e. The van der Waals surface area contributed by atoms with Gasteiger partial charge in [0, 0.05) is 17.0 Å². The van der Waals surface area contributed by atoms with Gasteiger partial charge >= 0.3 is 0 Å². The standard InChI is InChI=1S/C16H26N2S/c1-13-7-9-14(10-8-13)11-15(18-17)12-19-16-5-3-2-4-6-16/h7-10,15-16,18H,2-6,11-12,17H2,1H3. The summed E-state index contributed by atoms with van der Waals surface area (Å²) in [4.78, 5) is 0. The van der Waals surface area contributed by atoms with Crippen molar-refractivity contribution in [2.45, 2.75) is 56.7 Å². The Morgan fingerprint density at radius 3 is 2.53 bits per heavy atom. The molecule has 0 amide bonds. The van der Waals surface area contributed by atoms with E-state index in [1.165, 1.54) is 43.2 Å². The predicted molar refractivity (Wildman–Crippen MR) is 85.3 cm³/mol. The Kier molecular flexibility index (Phi) is 6.21. The summed E-state index contributed by atoms with van der Waals surface area (Å²) in [6.07, 6.45) is 8.07. The fourth-order valence-corrected chi connectivity index (χ4v) is 4.04. The molecule has 0 spiro atoms. The van der Waals surface area contributed by atoms with Crippen molar-refractivity contribution in [3.63, 3.8) is 0 Å². The minimum absolute atomic E-state index is 0.384. The molecule has 1 unspecified atom stereocenters. The summed E-state index contributed by atoms with van der Waals surface area (Å²) in [7, 11) is 0. The van der Waals surface area contributed by atoms with Crippen molar-refractivity contribution >= 4 is 11.8 Å². The molecule has 0 heterocycles. The minimum Gasteiger partial charge on any atom is -0.271 e. The highest BCUT2D eigenvalue weighted by atomic mass is 32.2. The Balaban J connectivity index is 1.77. The fraction of sp³-hybridized carbons (Fsp3) is 0.625. The summed E-state index contributed by atoms with van der Waals surface area (Å²) < 4.78 is 0. The van der Waals surface area contributed by atoms with Crippen LogP contribution in [0.25, 0.3) is 0 Å². The molecular formula is C16H26N2S. The van der Waals surface area contributed by atoms with Crippen LogP contribution in [0.3, 0.4) is 0 Å². The van der Waals surface area contributed by atoms with Gasteiger partial charge in [0.25, 0.3) is 0 Å². The van der Waals surface area contributed by atoms with E-state index in [4.69, 9.17) is 5.84 Å². The first kappa shape index (κ1) is 14.9. The summed E-state index contributed by atoms with van der Waals surface area (Å²) in [6, 6.07) is 9.17. The monoisotopic (exact) mass is 278 g/mol. The lowest BCUT2D eigenvalue weighted by Crippen LogP contribution is -2.39. The zero-order valence-electron chi connectivity index (χ0n) is 11.9. The van der Waals surface area contributed by atoms with Crippen molar-refractivity contribution in [2.75, 3.05) is 5.75 Å². The normalized spacial score (nSPS) is 18.4. The van der Waals surface area contributed by atoms with Gasteiger partial charge in [0.05, 0.1) is 0 Å². The highest BCUT2D eigenvalue weighted by Gasteiger charge is 2.16. The Labute approximate surface area is 121 Å². The molecule has 3 heteroatoms. The lowest BCUT2D eigenvalue weighted by atomic mass is 10.0. The first-order chi connectivity index (χ1) is 9.28. The van der Waals surface area contributed by atoms with Gasteiger partial charge in [-0.3, -0.25) is 11.3 Å². The topological polar surface area (TPSA) is 38.0 Å². The molecule has 1 aliphatic carbocycles. The van der Waals surface area contributed by atoms with Crippen LogP contribution in [-0.4, -0.2) is 17.0 Å². The number of nitrogens with two attached hydrogens (primary N) is 1. The first-order valence-corrected chi connectivity index (χ1v) is 8.46. The van der Waals surface area contributed by atoms with Gasteiger partial charge < -0.3 is 0 Å². The first-order valence-electron chi connectivity index (χ1n) is 7.41. The molecule has 1 aliphatic rings. The summed E-state index contributed by atoms with van der Waals surface area (Å²) in [6.45, 7) is 2.13. The van der Waals surface area contributed by atoms with Gasteiger partial charge in [-0.1, -0.05) is 49.1 Å². The van der Waals surface area contributed by atoms with Crippen LogP contribution in [0.4, 0.5) is 0 Å². The van der Waals surface area contributed by atoms with Gasteiger partial charge in [0.2, 0.25) is 0 Å². The van der Waals surface area contributed by atoms with E-state index >= 15 is 0 Å². The third-order valence-electron chi connectivity index (χ3n) is 3.92. The lowest BCUT2D eigenvalue weighted by Gasteiger charge is -2.23. The molecule has 106 valence electrons. The SMILES string of the molecule is Cc1ccc(CC(CSC2CCCCC2)NN)cc1. The molecule has 0 aromatic heterocycles. The fourth-order valence-electron chi connectivity index (χ4n) is 2.66. The summed E-state index contributed by atoms with van der Waals surface area (Å²) in [5.74, 6) is 6.82. The molecule has 1 fully saturated rings. The van der Waals surface area contributed by atoms with Crippen molar-refractivity contribution in [1.29, 1.82) is 0 Å². The highest BCUT2D eigenvalue weighted by molar-refractivity contribution is 7.99. The van der Waals surface area contributed by atoms with Crippen molar-refractivity contribution < 1.29 is 0 Å². The van der Waals surface area contributed by atoms with Crippen molar-refractivity contribution in [3.05, 3.63) is 35.4 Å². The van der Waals surface area contributed by atoms with E-state index in [0.29, 0.717) is 6.04 Å². The van der Waals surface area contributed by atoms with E-state index in [1.807, 2.05) is 0 Å². The molecule has 1 saturated carbocycles. The number of thioether (sulfide) groups is 1. The number of benzene rings is 1. The summed E-state index contributed by atoms with van der Waals surface area (Å²) >= 11 is 2.11. The zero-order valence-corrected chi connectivity index (χ0v) is 12.7. The molecule has 2 rings (SSSR count). The van der Waals surface area contributed by atoms with E-state index in [2.05, 4.69) is 48.4 Å². The molecule has 19 heavy (non-hydrogen) atoms. The van der Waals surface area contributed by atoms with E-state index in [0.717, 1.165) is 17.4 Å². The third kappa shape index (κ3) is 5.17. The molecule has 2 nitrogen and oxygen atoms in total. The van der Waals surface area contributed by atoms with Gasteiger partial charge in [-0.2, -0.15) is 11.8 Å². The second kappa shape index (κ2) is 7.93. The van der Waals surface area contributed by atoms with Crippen molar-refractivity contribution in [3.8, 4) is 0 Å². The molecular weight excluding hydrogens is 252 g/mol. The maximum Gasteiger partial charge on any atom is 0.0341 e.